The van der Waals surface area contributed by atoms with E-state index < -0.39 is 160 Å². The number of fused-ring (bicyclic) bond motifs is 1. The van der Waals surface area contributed by atoms with Crippen LogP contribution in [0.15, 0.2) is 230 Å². The Labute approximate surface area is 734 Å². The molecule has 26 heteroatoms. The van der Waals surface area contributed by atoms with Crippen LogP contribution in [0.3, 0.4) is 0 Å². The third-order valence-electron chi connectivity index (χ3n) is 11.8. The van der Waals surface area contributed by atoms with Crippen LogP contribution in [0, 0.1) is 4.93 Å². The molecule has 1 radical (unpaired) electrons. The standard InChI is InChI=1S/2C15H11ClO.C14H19BO2.C9H7F3O3S.C8H8O.C7H4BrClO.C2H6O.CHI3.CH2I2.CH2I.V/c16-11-6-7-12-13(9-15(17)14(12)8-11)10-4-2-1-3-5-10;1-11(12-5-3-2-4-6-12)15-8-7-14(16)9-13(15)10-17;1-11(12-9-7-6-8-10-12)15-16-13(2,3)14(4,5)17-15;1-7(8-5-3-2-4-6-8)15-16(13,14)9(10,11)12;1-7(9)8-5-3-2-4-6-8;8-7-2-1-6(9)3-5(7)4-10;1-3-2;2-1(3)4;2-1-3;1-2;/h1-8,13H,9H2;2-10H,1H2;6-10H,1H2,2-5H3;2-6H,1H2;2-6H,1H3;1-4H;1-2H3;1H;1H2;1H2;/q;;;;;;;;;-1;/t13-;;;;;;;;;;/m0........../s1/i1D,2D,3D,4D,5D;2D,3D,4D,5D,6D;6D,7D,8D,9D,10D;2*2D,3D,4D,5D,6D;;;;;;. The zero-order valence-corrected chi connectivity index (χ0v) is 71.7. The topological polar surface area (TPSA) is 139 Å². The number of Topliss-reactive ketones (excluding diaryl/α,β-unsaturated/α-hetero) is 2. The number of rotatable bonds is 11. The van der Waals surface area contributed by atoms with Gasteiger partial charge in [0.05, 0.1) is 47.9 Å². The minimum atomic E-state index is -6.05. The van der Waals surface area contributed by atoms with E-state index in [1.54, 1.807) is 56.7 Å². The third kappa shape index (κ3) is 35.4. The molecule has 0 aromatic heterocycles. The maximum atomic E-state index is 12.2. The number of aldehydes is 2. The summed E-state index contributed by atoms with van der Waals surface area (Å²) in [5.41, 5.74) is -5.14. The Morgan fingerprint density at radius 1 is 0.687 bits per heavy atom. The van der Waals surface area contributed by atoms with E-state index in [4.69, 9.17) is 78.4 Å². The van der Waals surface area contributed by atoms with E-state index in [1.807, 2.05) is 50.3 Å². The second-order valence-corrected chi connectivity index (χ2v) is 37.9. The minimum Gasteiger partial charge on any atom is -0.399 e. The predicted molar refractivity (Wildman–Crippen MR) is 455 cm³/mol. The summed E-state index contributed by atoms with van der Waals surface area (Å²) in [4.78, 5) is 47.9. The van der Waals surface area contributed by atoms with Crippen LogP contribution in [-0.2, 0) is 46.9 Å². The largest absolute Gasteiger partial charge is 0.534 e. The van der Waals surface area contributed by atoms with Gasteiger partial charge in [0.25, 0.3) is 0 Å². The molecular weight excluding hydrogens is 2140 g/mol. The van der Waals surface area contributed by atoms with Crippen molar-refractivity contribution in [3.8, 4) is 0 Å². The van der Waals surface area contributed by atoms with Crippen LogP contribution in [-0.4, -0.2) is 73.0 Å². The van der Waals surface area contributed by atoms with E-state index in [0.29, 0.717) is 43.6 Å². The zero-order valence-electron chi connectivity index (χ0n) is 77.7. The number of ketones is 2. The molecule has 1 aliphatic heterocycles. The van der Waals surface area contributed by atoms with Gasteiger partial charge in [-0.15, -0.1) is 0 Å². The van der Waals surface area contributed by atoms with E-state index in [9.17, 15) is 40.8 Å². The summed E-state index contributed by atoms with van der Waals surface area (Å²) >= 11 is 34.0. The van der Waals surface area contributed by atoms with Crippen molar-refractivity contribution in [3.63, 3.8) is 0 Å². The summed E-state index contributed by atoms with van der Waals surface area (Å²) in [6.07, 6.45) is 1.43. The average molecular weight is 2230 g/mol. The first-order chi connectivity index (χ1) is 56.5. The smallest absolute Gasteiger partial charge is 0.399 e. The fraction of sp³-hybridized carbons (Fsp3) is 0.192. The number of alkyl halides is 8. The van der Waals surface area contributed by atoms with Gasteiger partial charge in [-0.25, -0.2) is 0 Å². The summed E-state index contributed by atoms with van der Waals surface area (Å²) in [6, 6.07) is 2.18. The van der Waals surface area contributed by atoms with Crippen LogP contribution in [0.5, 0.6) is 0 Å². The Bertz CT molecular complexity index is 5290. The van der Waals surface area contributed by atoms with E-state index >= 15 is 0 Å². The average Bonchev–Trinajstić information content (AvgIpc) is 1.73. The zero-order chi connectivity index (χ0) is 96.2. The molecular formula is C73H71BBrCl3F3I6O10SV-. The molecule has 1 saturated heterocycles. The molecule has 2 aliphatic rings. The number of ether oxygens (including phenoxy) is 1. The van der Waals surface area contributed by atoms with Crippen LogP contribution >= 0.6 is 186 Å². The molecule has 0 spiro atoms. The first kappa shape index (κ1) is 60.6. The van der Waals surface area contributed by atoms with Crippen molar-refractivity contribution >= 4 is 244 Å². The molecule has 0 unspecified atom stereocenters. The number of carbonyl (C=O) groups excluding carboxylic acids is 4. The summed E-state index contributed by atoms with van der Waals surface area (Å²) in [5, 5.41) is 1.37. The van der Waals surface area contributed by atoms with Gasteiger partial charge in [-0.2, -0.15) is 21.6 Å². The van der Waals surface area contributed by atoms with Crippen molar-refractivity contribution in [1.82, 2.24) is 0 Å². The van der Waals surface area contributed by atoms with Crippen LogP contribution in [0.25, 0.3) is 16.8 Å². The molecule has 99 heavy (non-hydrogen) atoms. The quantitative estimate of drug-likeness (QED) is 0.0141. The molecule has 8 aromatic carbocycles. The summed E-state index contributed by atoms with van der Waals surface area (Å²) in [7, 11) is -3.65. The monoisotopic (exact) mass is 2230 g/mol. The number of hydrogen-bond acceptors (Lipinski definition) is 10. The van der Waals surface area contributed by atoms with Crippen LogP contribution in [0.1, 0.15) is 156 Å². The minimum absolute atomic E-state index is 0. The van der Waals surface area contributed by atoms with Gasteiger partial charge >= 0.3 is 22.7 Å². The first-order valence-corrected chi connectivity index (χ1v) is 38.1. The molecule has 0 saturated carbocycles. The molecule has 1 atom stereocenters. The van der Waals surface area contributed by atoms with E-state index in [-0.39, 0.29) is 118 Å². The van der Waals surface area contributed by atoms with Crippen molar-refractivity contribution in [2.45, 2.75) is 63.6 Å². The molecule has 1 fully saturated rings. The van der Waals surface area contributed by atoms with Crippen molar-refractivity contribution < 1.29 is 112 Å². The Morgan fingerprint density at radius 2 is 1.05 bits per heavy atom. The van der Waals surface area contributed by atoms with Gasteiger partial charge in [-0.05, 0) is 116 Å². The number of hydrogen-bond donors (Lipinski definition) is 0. The summed E-state index contributed by atoms with van der Waals surface area (Å²) < 4.78 is 271. The van der Waals surface area contributed by atoms with Gasteiger partial charge in [0.1, 0.15) is 5.70 Å². The molecule has 8 aromatic rings. The summed E-state index contributed by atoms with van der Waals surface area (Å²) in [5.74, 6) is -2.41. The molecule has 0 amide bonds. The number of carbonyl (C=O) groups is 4. The molecule has 0 N–H and O–H groups in total. The van der Waals surface area contributed by atoms with Gasteiger partial charge in [-0.3, -0.25) is 24.1 Å². The Hall–Kier alpha value is -2.54. The van der Waals surface area contributed by atoms with Crippen molar-refractivity contribution in [2.75, 3.05) is 16.7 Å². The fourth-order valence-electron chi connectivity index (χ4n) is 6.77. The van der Waals surface area contributed by atoms with Gasteiger partial charge in [0.15, 0.2) is 24.1 Å². The second-order valence-electron chi connectivity index (χ2n) is 18.9. The maximum Gasteiger partial charge on any atom is 0.534 e. The summed E-state index contributed by atoms with van der Waals surface area (Å²) in [6.45, 7) is 19.2. The second kappa shape index (κ2) is 50.8. The molecule has 10 nitrogen and oxygen atoms in total. The molecule has 1 aliphatic carbocycles. The molecule has 0 bridgehead atoms. The van der Waals surface area contributed by atoms with E-state index in [2.05, 4.69) is 162 Å². The normalized spacial score (nSPS) is 16.6. The van der Waals surface area contributed by atoms with Crippen molar-refractivity contribution in [3.05, 3.63) is 306 Å². The SMILES string of the molecule is COC.IC(I)I.ICI.O=Cc1cc(Cl)ccc1Br.[2H]c1c([2H])c([2H])c(C(=C)B2OC(C)(C)C(C)(C)O2)c([2H])c1[2H].[2H]c1c([2H])c([2H])c(C(=C)OS(=O)(=O)C(F)(F)F)c([2H])c1[2H].[2H]c1c([2H])c([2H])c(C(=C)c2ccc(Cl)cc2C=O)c([2H])c1[2H].[2H]c1c([2H])c([2H])c(C(C)=O)c([2H])c1[2H].[2H]c1c([2H])c([2H])c([C@@H]2CC(=O)c3cc(Cl)ccc32)c([2H])c1[2H].[CH2-]I.[V]. The number of halogens is 13. The van der Waals surface area contributed by atoms with Crippen LogP contribution < -0.4 is 0 Å². The molecule has 1 heterocycles. The third-order valence-corrected chi connectivity index (χ3v) is 14.2. The fourth-order valence-corrected chi connectivity index (χ4v) is 8.08. The number of benzene rings is 8. The molecule has 529 valence electrons. The Morgan fingerprint density at radius 3 is 1.45 bits per heavy atom. The van der Waals surface area contributed by atoms with Gasteiger partial charge in [0.2, 0.25) is 0 Å². The van der Waals surface area contributed by atoms with Crippen molar-refractivity contribution in [1.29, 1.82) is 0 Å². The maximum absolute atomic E-state index is 12.2. The van der Waals surface area contributed by atoms with Crippen molar-refractivity contribution in [2.24, 2.45) is 0 Å². The van der Waals surface area contributed by atoms with Crippen LogP contribution in [0.2, 0.25) is 15.1 Å². The molecule has 10 rings (SSSR count). The predicted octanol–water partition coefficient (Wildman–Crippen LogP) is 24.8. The first-order valence-electron chi connectivity index (χ1n) is 39.0. The Balaban J connectivity index is 0.00000144. The van der Waals surface area contributed by atoms with Crippen LogP contribution in [0.4, 0.5) is 13.2 Å². The van der Waals surface area contributed by atoms with Gasteiger partial charge < -0.3 is 40.8 Å². The Kier molecular flexibility index (Phi) is 31.1. The van der Waals surface area contributed by atoms with E-state index in [1.165, 1.54) is 21.5 Å². The number of methoxy groups -OCH3 is 1. The van der Waals surface area contributed by atoms with Gasteiger partial charge in [0, 0.05) is 92.5 Å². The van der Waals surface area contributed by atoms with E-state index in [0.717, 1.165) is 10.7 Å². The van der Waals surface area contributed by atoms with Gasteiger partial charge in [-0.1, -0.05) is 347 Å².